The lowest BCUT2D eigenvalue weighted by molar-refractivity contribution is -0.119. The Morgan fingerprint density at radius 3 is 2.12 bits per heavy atom. The third kappa shape index (κ3) is 5.01. The zero-order valence-corrected chi connectivity index (χ0v) is 15.4. The van der Waals surface area contributed by atoms with Gasteiger partial charge in [0.1, 0.15) is 17.2 Å². The zero-order chi connectivity index (χ0) is 18.3. The van der Waals surface area contributed by atoms with Gasteiger partial charge in [-0.3, -0.25) is 4.79 Å². The molecule has 0 aliphatic rings. The van der Waals surface area contributed by atoms with Gasteiger partial charge in [-0.05, 0) is 61.2 Å². The van der Waals surface area contributed by atoms with Crippen LogP contribution in [0.5, 0.6) is 17.2 Å². The van der Waals surface area contributed by atoms with Crippen LogP contribution in [0.1, 0.15) is 36.1 Å². The summed E-state index contributed by atoms with van der Waals surface area (Å²) in [4.78, 5) is 11.5. The van der Waals surface area contributed by atoms with Crippen molar-refractivity contribution in [3.05, 3.63) is 52.6 Å². The van der Waals surface area contributed by atoms with Crippen molar-refractivity contribution >= 4 is 5.91 Å². The highest BCUT2D eigenvalue weighted by Crippen LogP contribution is 2.32. The summed E-state index contributed by atoms with van der Waals surface area (Å²) in [7, 11) is 1.63. The Kier molecular flexibility index (Phi) is 7.31. The van der Waals surface area contributed by atoms with Crippen LogP contribution >= 0.6 is 0 Å². The fourth-order valence-electron chi connectivity index (χ4n) is 2.39. The zero-order valence-electron chi connectivity index (χ0n) is 15.4. The molecule has 0 aliphatic carbocycles. The summed E-state index contributed by atoms with van der Waals surface area (Å²) in [5, 5.41) is 12.2. The van der Waals surface area contributed by atoms with E-state index in [1.165, 1.54) is 0 Å². The Bertz CT molecular complexity index is 685. The Morgan fingerprint density at radius 1 is 1.04 bits per heavy atom. The number of benzene rings is 2. The molecule has 0 heterocycles. The smallest absolute Gasteiger partial charge is 0.224 e. The number of rotatable bonds is 4. The number of phenols is 1. The number of aromatic hydroxyl groups is 1. The van der Waals surface area contributed by atoms with Gasteiger partial charge in [0.05, 0.1) is 6.42 Å². The van der Waals surface area contributed by atoms with E-state index < -0.39 is 0 Å². The van der Waals surface area contributed by atoms with Gasteiger partial charge < -0.3 is 15.2 Å². The van der Waals surface area contributed by atoms with Crippen molar-refractivity contribution in [1.82, 2.24) is 5.32 Å². The van der Waals surface area contributed by atoms with Crippen molar-refractivity contribution in [1.29, 1.82) is 0 Å². The Morgan fingerprint density at radius 2 is 1.62 bits per heavy atom. The predicted molar refractivity (Wildman–Crippen MR) is 98.0 cm³/mol. The molecule has 0 radical (unpaired) electrons. The van der Waals surface area contributed by atoms with Crippen LogP contribution in [0.25, 0.3) is 0 Å². The van der Waals surface area contributed by atoms with E-state index in [9.17, 15) is 9.90 Å². The molecular weight excluding hydrogens is 302 g/mol. The van der Waals surface area contributed by atoms with Crippen LogP contribution in [0.15, 0.2) is 30.3 Å². The summed E-state index contributed by atoms with van der Waals surface area (Å²) >= 11 is 0. The maximum absolute atomic E-state index is 11.5. The lowest BCUT2D eigenvalue weighted by Crippen LogP contribution is -2.20. The molecule has 130 valence electrons. The number of ether oxygens (including phenoxy) is 1. The minimum atomic E-state index is -0.0124. The molecule has 0 aromatic heterocycles. The first-order valence-corrected chi connectivity index (χ1v) is 8.19. The van der Waals surface area contributed by atoms with Crippen LogP contribution in [0.3, 0.4) is 0 Å². The normalized spacial score (nSPS) is 9.75. The Balaban J connectivity index is 0.00000139. The second-order valence-corrected chi connectivity index (χ2v) is 5.46. The van der Waals surface area contributed by atoms with Crippen molar-refractivity contribution in [2.24, 2.45) is 0 Å². The number of hydrogen-bond acceptors (Lipinski definition) is 3. The Hall–Kier alpha value is -2.49. The molecule has 0 saturated heterocycles. The van der Waals surface area contributed by atoms with Crippen LogP contribution in [-0.2, 0) is 11.2 Å². The molecule has 2 N–H and O–H groups in total. The number of likely N-dealkylation sites (N-methyl/N-ethyl adjacent to an activating group) is 1. The fourth-order valence-corrected chi connectivity index (χ4v) is 2.39. The summed E-state index contributed by atoms with van der Waals surface area (Å²) < 4.78 is 5.95. The van der Waals surface area contributed by atoms with Gasteiger partial charge in [0.25, 0.3) is 0 Å². The molecule has 0 aliphatic heterocycles. The second kappa shape index (κ2) is 8.96. The standard InChI is InChI=1S/C18H21NO3.C2H6/c1-11-9-15(5-6-16(11)20)22-18-12(2)7-14(8-13(18)3)10-17(21)19-4;1-2/h5-9,20H,10H2,1-4H3,(H,19,21);1-2H3. The molecule has 2 aromatic rings. The summed E-state index contributed by atoms with van der Waals surface area (Å²) in [5.74, 6) is 1.70. The summed E-state index contributed by atoms with van der Waals surface area (Å²) in [6.07, 6.45) is 0.358. The van der Waals surface area contributed by atoms with E-state index in [0.717, 1.165) is 28.0 Å². The lowest BCUT2D eigenvalue weighted by atomic mass is 10.0. The summed E-state index contributed by atoms with van der Waals surface area (Å²) in [6.45, 7) is 9.75. The quantitative estimate of drug-likeness (QED) is 0.872. The molecule has 2 aromatic carbocycles. The van der Waals surface area contributed by atoms with Crippen LogP contribution < -0.4 is 10.1 Å². The highest BCUT2D eigenvalue weighted by molar-refractivity contribution is 5.78. The van der Waals surface area contributed by atoms with E-state index in [-0.39, 0.29) is 11.7 Å². The molecule has 0 bridgehead atoms. The summed E-state index contributed by atoms with van der Waals surface area (Å²) in [5.41, 5.74) is 3.68. The van der Waals surface area contributed by atoms with Crippen molar-refractivity contribution in [3.63, 3.8) is 0 Å². The van der Waals surface area contributed by atoms with Crippen molar-refractivity contribution in [2.45, 2.75) is 41.0 Å². The van der Waals surface area contributed by atoms with Crippen molar-refractivity contribution < 1.29 is 14.6 Å². The van der Waals surface area contributed by atoms with Gasteiger partial charge in [-0.25, -0.2) is 0 Å². The lowest BCUT2D eigenvalue weighted by Gasteiger charge is -2.14. The molecular formula is C20H27NO3. The number of amides is 1. The monoisotopic (exact) mass is 329 g/mol. The highest BCUT2D eigenvalue weighted by Gasteiger charge is 2.10. The average Bonchev–Trinajstić information content (AvgIpc) is 2.56. The van der Waals surface area contributed by atoms with Gasteiger partial charge in [0, 0.05) is 7.05 Å². The van der Waals surface area contributed by atoms with Crippen molar-refractivity contribution in [2.75, 3.05) is 7.05 Å². The van der Waals surface area contributed by atoms with Crippen LogP contribution in [-0.4, -0.2) is 18.1 Å². The van der Waals surface area contributed by atoms with Gasteiger partial charge in [-0.2, -0.15) is 0 Å². The topological polar surface area (TPSA) is 58.6 Å². The largest absolute Gasteiger partial charge is 0.508 e. The van der Waals surface area contributed by atoms with E-state index >= 15 is 0 Å². The molecule has 4 nitrogen and oxygen atoms in total. The van der Waals surface area contributed by atoms with E-state index in [4.69, 9.17) is 4.74 Å². The minimum Gasteiger partial charge on any atom is -0.508 e. The first-order chi connectivity index (χ1) is 11.4. The highest BCUT2D eigenvalue weighted by atomic mass is 16.5. The third-order valence-corrected chi connectivity index (χ3v) is 3.55. The molecule has 2 rings (SSSR count). The van der Waals surface area contributed by atoms with Gasteiger partial charge in [0.2, 0.25) is 5.91 Å². The number of carbonyl (C=O) groups is 1. The van der Waals surface area contributed by atoms with E-state index in [1.54, 1.807) is 25.2 Å². The van der Waals surface area contributed by atoms with Crippen LogP contribution in [0.2, 0.25) is 0 Å². The number of aryl methyl sites for hydroxylation is 3. The fraction of sp³-hybridized carbons (Fsp3) is 0.350. The molecule has 0 spiro atoms. The van der Waals surface area contributed by atoms with Crippen LogP contribution in [0.4, 0.5) is 0 Å². The third-order valence-electron chi connectivity index (χ3n) is 3.55. The number of nitrogens with one attached hydrogen (secondary N) is 1. The van der Waals surface area contributed by atoms with Crippen LogP contribution in [0, 0.1) is 20.8 Å². The average molecular weight is 329 g/mol. The molecule has 0 unspecified atom stereocenters. The van der Waals surface area contributed by atoms with E-state index in [2.05, 4.69) is 5.32 Å². The van der Waals surface area contributed by atoms with Gasteiger partial charge in [-0.1, -0.05) is 26.0 Å². The number of hydrogen-bond donors (Lipinski definition) is 2. The second-order valence-electron chi connectivity index (χ2n) is 5.46. The van der Waals surface area contributed by atoms with Gasteiger partial charge >= 0.3 is 0 Å². The first kappa shape index (κ1) is 19.6. The number of carbonyl (C=O) groups excluding carboxylic acids is 1. The predicted octanol–water partition coefficient (Wildman–Crippen LogP) is 4.42. The number of phenolic OH excluding ortho intramolecular Hbond substituents is 1. The van der Waals surface area contributed by atoms with Crippen molar-refractivity contribution in [3.8, 4) is 17.2 Å². The molecule has 0 fully saturated rings. The van der Waals surface area contributed by atoms with Gasteiger partial charge in [-0.15, -0.1) is 0 Å². The maximum atomic E-state index is 11.5. The van der Waals surface area contributed by atoms with E-state index in [1.807, 2.05) is 46.8 Å². The van der Waals surface area contributed by atoms with E-state index in [0.29, 0.717) is 12.2 Å². The summed E-state index contributed by atoms with van der Waals surface area (Å²) in [6, 6.07) is 9.08. The maximum Gasteiger partial charge on any atom is 0.224 e. The molecule has 24 heavy (non-hydrogen) atoms. The Labute approximate surface area is 144 Å². The minimum absolute atomic E-state index is 0.0124. The molecule has 0 saturated carbocycles. The molecule has 1 amide bonds. The molecule has 4 heteroatoms. The molecule has 0 atom stereocenters. The van der Waals surface area contributed by atoms with Gasteiger partial charge in [0.15, 0.2) is 0 Å². The SMILES string of the molecule is CC.CNC(=O)Cc1cc(C)c(Oc2ccc(O)c(C)c2)c(C)c1. The first-order valence-electron chi connectivity index (χ1n) is 8.19.